The molecule has 1 aromatic carbocycles. The highest BCUT2D eigenvalue weighted by atomic mass is 127. The zero-order valence-corrected chi connectivity index (χ0v) is 13.5. The summed E-state index contributed by atoms with van der Waals surface area (Å²) in [5.41, 5.74) is 5.99. The Hall–Kier alpha value is -0.950. The van der Waals surface area contributed by atoms with E-state index < -0.39 is 0 Å². The van der Waals surface area contributed by atoms with E-state index in [1.165, 1.54) is 0 Å². The molecule has 0 bridgehead atoms. The van der Waals surface area contributed by atoms with Crippen molar-refractivity contribution in [2.45, 2.75) is 31.7 Å². The molecule has 0 radical (unpaired) electrons. The summed E-state index contributed by atoms with van der Waals surface area (Å²) in [6.45, 7) is 0.439. The Bertz CT molecular complexity index is 481. The lowest BCUT2D eigenvalue weighted by molar-refractivity contribution is -0.119. The molecule has 0 aliphatic heterocycles. The number of nitrogens with two attached hydrogens (primary N) is 1. The minimum absolute atomic E-state index is 0.0505. The number of carbonyl (C=O) groups is 2. The predicted octanol–water partition coefficient (Wildman–Crippen LogP) is 2.20. The fourth-order valence-corrected chi connectivity index (χ4v) is 3.05. The predicted molar refractivity (Wildman–Crippen MR) is 86.5 cm³/mol. The minimum Gasteiger partial charge on any atom is -0.369 e. The number of carbonyl (C=O) groups excluding carboxylic acids is 2. The second kappa shape index (κ2) is 7.17. The highest BCUT2D eigenvalue weighted by Gasteiger charge is 2.25. The molecule has 1 saturated carbocycles. The van der Waals surface area contributed by atoms with Gasteiger partial charge in [0.2, 0.25) is 5.91 Å². The van der Waals surface area contributed by atoms with Crippen molar-refractivity contribution in [3.63, 3.8) is 0 Å². The quantitative estimate of drug-likeness (QED) is 0.603. The van der Waals surface area contributed by atoms with E-state index in [9.17, 15) is 9.59 Å². The maximum absolute atomic E-state index is 12.3. The van der Waals surface area contributed by atoms with Crippen LogP contribution in [-0.4, -0.2) is 35.7 Å². The average Bonchev–Trinajstić information content (AvgIpc) is 2.92. The van der Waals surface area contributed by atoms with Crippen molar-refractivity contribution in [3.05, 3.63) is 33.4 Å². The number of primary amides is 1. The summed E-state index contributed by atoms with van der Waals surface area (Å²) < 4.78 is 1.10. The summed E-state index contributed by atoms with van der Waals surface area (Å²) in [5, 5.41) is 0. The number of halogens is 1. The van der Waals surface area contributed by atoms with Crippen LogP contribution in [0.4, 0.5) is 0 Å². The molecule has 0 saturated heterocycles. The van der Waals surface area contributed by atoms with Gasteiger partial charge in [0.1, 0.15) is 0 Å². The van der Waals surface area contributed by atoms with Crippen LogP contribution in [0.5, 0.6) is 0 Å². The van der Waals surface area contributed by atoms with E-state index in [0.717, 1.165) is 29.3 Å². The number of Topliss-reactive ketones (excluding diaryl/α,β-unsaturated/α-hetero) is 1. The topological polar surface area (TPSA) is 63.4 Å². The molecule has 0 heterocycles. The highest BCUT2D eigenvalue weighted by molar-refractivity contribution is 14.1. The molecule has 0 aromatic heterocycles. The third-order valence-corrected chi connectivity index (χ3v) is 4.43. The van der Waals surface area contributed by atoms with E-state index >= 15 is 0 Å². The third-order valence-electron chi connectivity index (χ3n) is 3.71. The SMILES string of the molecule is NC(=O)CN(CC(=O)c1ccc(I)cc1)C1CCCC1. The van der Waals surface area contributed by atoms with Crippen molar-refractivity contribution in [1.29, 1.82) is 0 Å². The summed E-state index contributed by atoms with van der Waals surface area (Å²) in [6.07, 6.45) is 4.43. The summed E-state index contributed by atoms with van der Waals surface area (Å²) in [7, 11) is 0. The molecule has 1 aromatic rings. The Morgan fingerprint density at radius 2 is 1.75 bits per heavy atom. The summed E-state index contributed by atoms with van der Waals surface area (Å²) in [5.74, 6) is -0.318. The van der Waals surface area contributed by atoms with Gasteiger partial charge in [-0.3, -0.25) is 14.5 Å². The summed E-state index contributed by atoms with van der Waals surface area (Å²) in [6, 6.07) is 7.82. The molecule has 0 unspecified atom stereocenters. The Morgan fingerprint density at radius 3 is 2.30 bits per heavy atom. The van der Waals surface area contributed by atoms with E-state index in [4.69, 9.17) is 5.73 Å². The molecule has 2 rings (SSSR count). The number of hydrogen-bond donors (Lipinski definition) is 1. The fraction of sp³-hybridized carbons (Fsp3) is 0.467. The molecule has 1 aliphatic carbocycles. The van der Waals surface area contributed by atoms with Gasteiger partial charge in [-0.05, 0) is 47.6 Å². The minimum atomic E-state index is -0.368. The molecule has 1 amide bonds. The second-order valence-electron chi connectivity index (χ2n) is 5.24. The van der Waals surface area contributed by atoms with Crippen molar-refractivity contribution in [3.8, 4) is 0 Å². The van der Waals surface area contributed by atoms with Crippen LogP contribution in [0.15, 0.2) is 24.3 Å². The van der Waals surface area contributed by atoms with E-state index in [-0.39, 0.29) is 24.8 Å². The van der Waals surface area contributed by atoms with Gasteiger partial charge in [-0.1, -0.05) is 25.0 Å². The number of hydrogen-bond acceptors (Lipinski definition) is 3. The maximum Gasteiger partial charge on any atom is 0.231 e. The summed E-state index contributed by atoms with van der Waals surface area (Å²) in [4.78, 5) is 25.4. The molecular weight excluding hydrogens is 367 g/mol. The van der Waals surface area contributed by atoms with Crippen LogP contribution >= 0.6 is 22.6 Å². The number of ketones is 1. The van der Waals surface area contributed by atoms with Gasteiger partial charge in [0.25, 0.3) is 0 Å². The maximum atomic E-state index is 12.3. The van der Waals surface area contributed by atoms with Gasteiger partial charge in [-0.25, -0.2) is 0 Å². The first-order valence-electron chi connectivity index (χ1n) is 6.87. The molecule has 0 spiro atoms. The van der Waals surface area contributed by atoms with Crippen molar-refractivity contribution >= 4 is 34.3 Å². The molecule has 20 heavy (non-hydrogen) atoms. The molecule has 2 N–H and O–H groups in total. The van der Waals surface area contributed by atoms with Crippen LogP contribution in [-0.2, 0) is 4.79 Å². The Morgan fingerprint density at radius 1 is 1.15 bits per heavy atom. The van der Waals surface area contributed by atoms with Crippen LogP contribution in [0, 0.1) is 3.57 Å². The van der Waals surface area contributed by atoms with E-state index in [1.54, 1.807) is 0 Å². The number of amides is 1. The molecule has 0 atom stereocenters. The first-order valence-corrected chi connectivity index (χ1v) is 7.95. The second-order valence-corrected chi connectivity index (χ2v) is 6.49. The van der Waals surface area contributed by atoms with Crippen molar-refractivity contribution in [1.82, 2.24) is 4.90 Å². The lowest BCUT2D eigenvalue weighted by Gasteiger charge is -2.26. The molecule has 108 valence electrons. The van der Waals surface area contributed by atoms with Crippen LogP contribution in [0.2, 0.25) is 0 Å². The van der Waals surface area contributed by atoms with Crippen LogP contribution in [0.1, 0.15) is 36.0 Å². The largest absolute Gasteiger partial charge is 0.369 e. The van der Waals surface area contributed by atoms with E-state index in [2.05, 4.69) is 22.6 Å². The molecule has 5 heteroatoms. The van der Waals surface area contributed by atoms with E-state index in [1.807, 2.05) is 29.2 Å². The highest BCUT2D eigenvalue weighted by Crippen LogP contribution is 2.23. The average molecular weight is 386 g/mol. The molecule has 4 nitrogen and oxygen atoms in total. The number of benzene rings is 1. The fourth-order valence-electron chi connectivity index (χ4n) is 2.70. The normalized spacial score (nSPS) is 15.7. The van der Waals surface area contributed by atoms with Gasteiger partial charge in [-0.15, -0.1) is 0 Å². The first-order chi connectivity index (χ1) is 9.56. The van der Waals surface area contributed by atoms with Gasteiger partial charge in [0.05, 0.1) is 13.1 Å². The van der Waals surface area contributed by atoms with Gasteiger partial charge < -0.3 is 5.73 Å². The Labute approximate surface area is 132 Å². The van der Waals surface area contributed by atoms with Crippen LogP contribution in [0.25, 0.3) is 0 Å². The van der Waals surface area contributed by atoms with Gasteiger partial charge in [-0.2, -0.15) is 0 Å². The monoisotopic (exact) mass is 386 g/mol. The molecule has 1 fully saturated rings. The molecule has 1 aliphatic rings. The number of nitrogens with zero attached hydrogens (tertiary/aromatic N) is 1. The summed E-state index contributed by atoms with van der Waals surface area (Å²) >= 11 is 2.21. The lowest BCUT2D eigenvalue weighted by atomic mass is 10.1. The van der Waals surface area contributed by atoms with Gasteiger partial charge >= 0.3 is 0 Å². The third kappa shape index (κ3) is 4.28. The Balaban J connectivity index is 2.04. The molecular formula is C15H19IN2O2. The van der Waals surface area contributed by atoms with Gasteiger partial charge in [0, 0.05) is 15.2 Å². The van der Waals surface area contributed by atoms with Crippen molar-refractivity contribution in [2.24, 2.45) is 5.73 Å². The smallest absolute Gasteiger partial charge is 0.231 e. The first kappa shape index (κ1) is 15.4. The zero-order valence-electron chi connectivity index (χ0n) is 11.3. The van der Waals surface area contributed by atoms with Crippen molar-refractivity contribution < 1.29 is 9.59 Å². The van der Waals surface area contributed by atoms with Crippen molar-refractivity contribution in [2.75, 3.05) is 13.1 Å². The standard InChI is InChI=1S/C15H19IN2O2/c16-12-7-5-11(6-8-12)14(19)9-18(10-15(17)20)13-3-1-2-4-13/h5-8,13H,1-4,9-10H2,(H2,17,20). The van der Waals surface area contributed by atoms with E-state index in [0.29, 0.717) is 11.6 Å². The lowest BCUT2D eigenvalue weighted by Crippen LogP contribution is -2.43. The Kier molecular flexibility index (Phi) is 5.54. The number of rotatable bonds is 6. The van der Waals surface area contributed by atoms with Crippen LogP contribution < -0.4 is 5.73 Å². The van der Waals surface area contributed by atoms with Crippen LogP contribution in [0.3, 0.4) is 0 Å². The zero-order chi connectivity index (χ0) is 14.5. The van der Waals surface area contributed by atoms with Gasteiger partial charge in [0.15, 0.2) is 5.78 Å².